The number of rotatable bonds is 46. The topological polar surface area (TPSA) is 40.6 Å². The second-order valence-electron chi connectivity index (χ2n) is 24.0. The molecule has 4 heterocycles. The molecule has 0 aliphatic carbocycles. The third-order valence-electron chi connectivity index (χ3n) is 17.5. The fraction of sp³-hybridized carbons (Fsp3) is 0.686. The monoisotopic (exact) mass is 1230 g/mol. The first-order valence-corrected chi connectivity index (χ1v) is 36.0. The number of hydrogen-bond acceptors (Lipinski definition) is 4. The van der Waals surface area contributed by atoms with Crippen LogP contribution in [0.25, 0.3) is 21.9 Å². The van der Waals surface area contributed by atoms with E-state index in [0.29, 0.717) is 11.8 Å². The average Bonchev–Trinajstić information content (AvgIpc) is 4.39. The van der Waals surface area contributed by atoms with Crippen molar-refractivity contribution in [2.75, 3.05) is 22.9 Å². The highest BCUT2D eigenvalue weighted by Gasteiger charge is 2.37. The van der Waals surface area contributed by atoms with E-state index in [9.17, 15) is 0 Å². The number of fused-ring (bicyclic) bond motifs is 5. The lowest BCUT2D eigenvalue weighted by atomic mass is 9.92. The molecule has 0 radical (unpaired) electrons. The zero-order valence-electron chi connectivity index (χ0n) is 49.8. The number of hydrogen-bond donors (Lipinski definition) is 0. The highest BCUT2D eigenvalue weighted by molar-refractivity contribution is 9.11. The van der Waals surface area contributed by atoms with Crippen LogP contribution >= 0.6 is 54.5 Å². The maximum atomic E-state index is 15.4. The molecule has 4 aromatic rings. The Labute approximate surface area is 501 Å². The number of anilines is 2. The van der Waals surface area contributed by atoms with Crippen LogP contribution in [0.3, 0.4) is 0 Å². The second-order valence-corrected chi connectivity index (χ2v) is 28.9. The summed E-state index contributed by atoms with van der Waals surface area (Å²) in [6, 6.07) is 17.5. The molecule has 2 aromatic carbocycles. The summed E-state index contributed by atoms with van der Waals surface area (Å²) in [5.74, 6) is 1.16. The number of halogens is 2. The molecule has 8 heteroatoms. The van der Waals surface area contributed by atoms with Crippen molar-refractivity contribution in [1.29, 1.82) is 0 Å². The molecule has 2 aromatic heterocycles. The number of amides is 2. The van der Waals surface area contributed by atoms with Crippen molar-refractivity contribution in [3.63, 3.8) is 0 Å². The molecule has 2 aliphatic rings. The van der Waals surface area contributed by atoms with Gasteiger partial charge in [-0.25, -0.2) is 0 Å². The summed E-state index contributed by atoms with van der Waals surface area (Å²) < 4.78 is 2.09. The van der Waals surface area contributed by atoms with Gasteiger partial charge in [0.1, 0.15) is 0 Å². The van der Waals surface area contributed by atoms with E-state index in [-0.39, 0.29) is 11.8 Å². The molecule has 2 amide bonds. The Morgan fingerprint density at radius 3 is 0.846 bits per heavy atom. The van der Waals surface area contributed by atoms with Gasteiger partial charge in [-0.1, -0.05) is 283 Å². The Morgan fingerprint density at radius 2 is 0.603 bits per heavy atom. The number of unbranched alkanes of at least 4 members (excludes halogenated alkanes) is 32. The minimum atomic E-state index is 0.141. The van der Waals surface area contributed by atoms with Crippen LogP contribution in [0.5, 0.6) is 0 Å². The third kappa shape index (κ3) is 20.6. The summed E-state index contributed by atoms with van der Waals surface area (Å²) in [6.45, 7) is 10.7. The quantitative estimate of drug-likeness (QED) is 0.0414. The van der Waals surface area contributed by atoms with Gasteiger partial charge in [0.15, 0.2) is 0 Å². The van der Waals surface area contributed by atoms with Crippen LogP contribution in [0.2, 0.25) is 0 Å². The van der Waals surface area contributed by atoms with Crippen LogP contribution in [0, 0.1) is 11.8 Å². The zero-order valence-corrected chi connectivity index (χ0v) is 54.6. The number of nitrogens with zero attached hydrogens (tertiary/aromatic N) is 2. The van der Waals surface area contributed by atoms with Crippen LogP contribution in [0.4, 0.5) is 11.4 Å². The van der Waals surface area contributed by atoms with E-state index in [4.69, 9.17) is 0 Å². The van der Waals surface area contributed by atoms with E-state index in [1.807, 2.05) is 0 Å². The minimum Gasteiger partial charge on any atom is -0.307 e. The van der Waals surface area contributed by atoms with Crippen molar-refractivity contribution >= 4 is 99.6 Å². The third-order valence-corrected chi connectivity index (χ3v) is 20.8. The number of thiophene rings is 2. The molecule has 2 unspecified atom stereocenters. The summed E-state index contributed by atoms with van der Waals surface area (Å²) in [4.78, 5) is 37.3. The molecule has 78 heavy (non-hydrogen) atoms. The molecule has 0 spiro atoms. The molecule has 0 saturated carbocycles. The van der Waals surface area contributed by atoms with Crippen molar-refractivity contribution in [3.8, 4) is 0 Å². The maximum Gasteiger partial charge on any atom is 0.260 e. The lowest BCUT2D eigenvalue weighted by Crippen LogP contribution is -2.34. The van der Waals surface area contributed by atoms with E-state index >= 15 is 9.59 Å². The number of benzene rings is 2. The molecular formula is C70H106Br2N2O2S2. The summed E-state index contributed by atoms with van der Waals surface area (Å²) >= 11 is 10.8. The van der Waals surface area contributed by atoms with E-state index in [1.54, 1.807) is 22.7 Å². The fourth-order valence-electron chi connectivity index (χ4n) is 12.9. The molecular weight excluding hydrogens is 1120 g/mol. The van der Waals surface area contributed by atoms with E-state index in [2.05, 4.69) is 118 Å². The molecule has 434 valence electrons. The van der Waals surface area contributed by atoms with Gasteiger partial charge in [-0.2, -0.15) is 0 Å². The Morgan fingerprint density at radius 1 is 0.346 bits per heavy atom. The van der Waals surface area contributed by atoms with Gasteiger partial charge in [0.05, 0.1) is 30.1 Å². The standard InChI is InChI=1S/C70H106Br2N2O2S2/c1-5-9-13-17-21-25-27-31-35-39-43-55(41-37-33-29-23-19-15-11-7-3)53-73-67-57-45-48-60-66(62-50-52-64(72)78-62)70(76)74(68(60)58(57)46-47-59(67)65(69(73)75)61-49-51-63(71)77-61)54-56(42-38-34-30-24-20-16-12-8-4)44-40-36-32-28-26-22-18-14-10-6-2/h45-52,55-56H,5-44,53-54H2,1-4H3. The lowest BCUT2D eigenvalue weighted by Gasteiger charge is -2.28. The van der Waals surface area contributed by atoms with Crippen molar-refractivity contribution in [1.82, 2.24) is 0 Å². The largest absolute Gasteiger partial charge is 0.307 e. The van der Waals surface area contributed by atoms with Crippen molar-refractivity contribution in [2.45, 2.75) is 285 Å². The Hall–Kier alpha value is -2.26. The average molecular weight is 1230 g/mol. The summed E-state index contributed by atoms with van der Waals surface area (Å²) in [5, 5.41) is 4.30. The Kier molecular flexibility index (Phi) is 31.4. The van der Waals surface area contributed by atoms with Gasteiger partial charge < -0.3 is 9.80 Å². The van der Waals surface area contributed by atoms with E-state index < -0.39 is 0 Å². The molecule has 4 nitrogen and oxygen atoms in total. The number of carbonyl (C=O) groups excluding carboxylic acids is 2. The first-order valence-electron chi connectivity index (χ1n) is 32.8. The van der Waals surface area contributed by atoms with Crippen molar-refractivity contribution < 1.29 is 9.59 Å². The number of carbonyl (C=O) groups is 2. The highest BCUT2D eigenvalue weighted by atomic mass is 79.9. The predicted octanol–water partition coefficient (Wildman–Crippen LogP) is 22.5. The molecule has 6 rings (SSSR count). The summed E-state index contributed by atoms with van der Waals surface area (Å²) in [7, 11) is 0. The maximum absolute atomic E-state index is 15.4. The van der Waals surface area contributed by atoms with Gasteiger partial charge in [-0.3, -0.25) is 9.59 Å². The van der Waals surface area contributed by atoms with Gasteiger partial charge in [0.25, 0.3) is 11.8 Å². The fourth-order valence-corrected chi connectivity index (χ4v) is 15.8. The van der Waals surface area contributed by atoms with E-state index in [1.165, 1.54) is 257 Å². The molecule has 0 saturated heterocycles. The van der Waals surface area contributed by atoms with Crippen LogP contribution in [-0.4, -0.2) is 24.9 Å². The molecule has 2 aliphatic heterocycles. The van der Waals surface area contributed by atoms with Crippen LogP contribution < -0.4 is 20.2 Å². The SMILES string of the molecule is CCCCCCCCCCCCC(CCCCCCCCCC)CN1C(=O)C(c2ccc(Br)s2)=c2ccc3c4c(ccc3c21)=C(c1ccc(Br)s1)C(=O)N4CC(CCCCCCCCCC)CCCCCCCCCCCC. The summed E-state index contributed by atoms with van der Waals surface area (Å²) in [6.07, 6.45) is 52.5. The summed E-state index contributed by atoms with van der Waals surface area (Å²) in [5.41, 5.74) is 3.78. The molecule has 0 fully saturated rings. The van der Waals surface area contributed by atoms with Crippen LogP contribution in [0.15, 0.2) is 56.1 Å². The van der Waals surface area contributed by atoms with Gasteiger partial charge in [-0.15, -0.1) is 22.7 Å². The lowest BCUT2D eigenvalue weighted by molar-refractivity contribution is -0.114. The first-order chi connectivity index (χ1) is 38.3. The van der Waals surface area contributed by atoms with Crippen LogP contribution in [-0.2, 0) is 9.59 Å². The van der Waals surface area contributed by atoms with E-state index in [0.717, 1.165) is 74.1 Å². The van der Waals surface area contributed by atoms with Gasteiger partial charge in [0.2, 0.25) is 0 Å². The van der Waals surface area contributed by atoms with Crippen molar-refractivity contribution in [2.24, 2.45) is 11.8 Å². The van der Waals surface area contributed by atoms with Gasteiger partial charge in [-0.05, 0) is 93.6 Å². The zero-order chi connectivity index (χ0) is 55.2. The predicted molar refractivity (Wildman–Crippen MR) is 351 cm³/mol. The normalized spacial score (nSPS) is 14.2. The minimum absolute atomic E-state index is 0.141. The second kappa shape index (κ2) is 37.8. The Bertz CT molecular complexity index is 2300. The molecule has 2 atom stereocenters. The highest BCUT2D eigenvalue weighted by Crippen LogP contribution is 2.42. The van der Waals surface area contributed by atoms with Crippen molar-refractivity contribution in [3.05, 3.63) is 76.3 Å². The van der Waals surface area contributed by atoms with Gasteiger partial charge >= 0.3 is 0 Å². The molecule has 0 N–H and O–H groups in total. The Balaban J connectivity index is 1.31. The van der Waals surface area contributed by atoms with Crippen LogP contribution in [0.1, 0.15) is 294 Å². The molecule has 0 bridgehead atoms. The van der Waals surface area contributed by atoms with Gasteiger partial charge in [0, 0.05) is 44.1 Å². The smallest absolute Gasteiger partial charge is 0.260 e. The first kappa shape index (κ1) is 64.9.